The SMILES string of the molecule is COc1ccc(OC)c(-n2c(=S)[nH]c3cc(C(=O)NCCSCc4ccccc4)ccc3c2=O)c1. The van der Waals surface area contributed by atoms with Gasteiger partial charge in [0.15, 0.2) is 4.77 Å². The molecule has 0 saturated heterocycles. The van der Waals surface area contributed by atoms with E-state index in [9.17, 15) is 9.59 Å². The van der Waals surface area contributed by atoms with E-state index >= 15 is 0 Å². The van der Waals surface area contributed by atoms with Gasteiger partial charge in [-0.15, -0.1) is 0 Å². The summed E-state index contributed by atoms with van der Waals surface area (Å²) in [5.41, 5.74) is 2.34. The molecule has 1 aromatic heterocycles. The lowest BCUT2D eigenvalue weighted by molar-refractivity contribution is 0.0956. The molecule has 0 aliphatic carbocycles. The second-order valence-electron chi connectivity index (χ2n) is 7.66. The smallest absolute Gasteiger partial charge is 0.266 e. The van der Waals surface area contributed by atoms with Crippen molar-refractivity contribution in [2.75, 3.05) is 26.5 Å². The second kappa shape index (κ2) is 11.2. The molecule has 4 rings (SSSR count). The van der Waals surface area contributed by atoms with Gasteiger partial charge in [-0.3, -0.25) is 9.59 Å². The number of carbonyl (C=O) groups is 1. The lowest BCUT2D eigenvalue weighted by Gasteiger charge is -2.14. The summed E-state index contributed by atoms with van der Waals surface area (Å²) in [5, 5.41) is 3.33. The van der Waals surface area contributed by atoms with Gasteiger partial charge in [0.2, 0.25) is 0 Å². The number of nitrogens with zero attached hydrogens (tertiary/aromatic N) is 1. The summed E-state index contributed by atoms with van der Waals surface area (Å²) in [6.45, 7) is 0.543. The Kier molecular flexibility index (Phi) is 7.89. The number of aromatic amines is 1. The van der Waals surface area contributed by atoms with Gasteiger partial charge in [0.1, 0.15) is 11.5 Å². The van der Waals surface area contributed by atoms with Crippen molar-refractivity contribution >= 4 is 40.8 Å². The minimum atomic E-state index is -0.320. The third-order valence-corrected chi connectivity index (χ3v) is 6.75. The van der Waals surface area contributed by atoms with Crippen molar-refractivity contribution in [3.8, 4) is 17.2 Å². The van der Waals surface area contributed by atoms with E-state index in [2.05, 4.69) is 22.4 Å². The fraction of sp³-hybridized carbons (Fsp3) is 0.192. The normalized spacial score (nSPS) is 10.8. The van der Waals surface area contributed by atoms with Crippen LogP contribution in [0, 0.1) is 4.77 Å². The molecule has 4 aromatic rings. The average Bonchev–Trinajstić information content (AvgIpc) is 2.88. The topological polar surface area (TPSA) is 85.3 Å². The summed E-state index contributed by atoms with van der Waals surface area (Å²) in [6.07, 6.45) is 0. The molecule has 3 aromatic carbocycles. The van der Waals surface area contributed by atoms with Crippen LogP contribution in [0.4, 0.5) is 0 Å². The first kappa shape index (κ1) is 24.6. The van der Waals surface area contributed by atoms with Gasteiger partial charge < -0.3 is 19.8 Å². The molecule has 0 fully saturated rings. The van der Waals surface area contributed by atoms with Gasteiger partial charge in [0.25, 0.3) is 11.5 Å². The summed E-state index contributed by atoms with van der Waals surface area (Å²) >= 11 is 7.25. The van der Waals surface area contributed by atoms with Crippen molar-refractivity contribution in [1.29, 1.82) is 0 Å². The Bertz CT molecular complexity index is 1470. The number of carbonyl (C=O) groups excluding carboxylic acids is 1. The molecule has 0 unspecified atom stereocenters. The zero-order valence-electron chi connectivity index (χ0n) is 19.4. The van der Waals surface area contributed by atoms with Crippen LogP contribution in [0.2, 0.25) is 0 Å². The molecule has 7 nitrogen and oxygen atoms in total. The maximum absolute atomic E-state index is 13.3. The summed E-state index contributed by atoms with van der Waals surface area (Å²) in [4.78, 5) is 29.1. The molecule has 2 N–H and O–H groups in total. The maximum atomic E-state index is 13.3. The van der Waals surface area contributed by atoms with E-state index in [0.717, 1.165) is 11.5 Å². The van der Waals surface area contributed by atoms with Crippen LogP contribution in [0.3, 0.4) is 0 Å². The number of fused-ring (bicyclic) bond motifs is 1. The van der Waals surface area contributed by atoms with Crippen molar-refractivity contribution < 1.29 is 14.3 Å². The summed E-state index contributed by atoms with van der Waals surface area (Å²) in [6, 6.07) is 20.3. The number of methoxy groups -OCH3 is 2. The number of rotatable bonds is 9. The molecule has 1 amide bonds. The van der Waals surface area contributed by atoms with Crippen LogP contribution in [0.1, 0.15) is 15.9 Å². The van der Waals surface area contributed by atoms with Crippen molar-refractivity contribution in [3.63, 3.8) is 0 Å². The molecular weight excluding hydrogens is 482 g/mol. The van der Waals surface area contributed by atoms with Gasteiger partial charge in [-0.05, 0) is 48.1 Å². The predicted octanol–water partition coefficient (Wildman–Crippen LogP) is 4.73. The highest BCUT2D eigenvalue weighted by Gasteiger charge is 2.15. The summed E-state index contributed by atoms with van der Waals surface area (Å²) in [5.74, 6) is 2.53. The molecule has 9 heteroatoms. The zero-order chi connectivity index (χ0) is 24.8. The van der Waals surface area contributed by atoms with E-state index in [-0.39, 0.29) is 16.2 Å². The van der Waals surface area contributed by atoms with Gasteiger partial charge in [0, 0.05) is 29.7 Å². The van der Waals surface area contributed by atoms with Crippen LogP contribution in [0.25, 0.3) is 16.6 Å². The third kappa shape index (κ3) is 5.58. The van der Waals surface area contributed by atoms with Gasteiger partial charge in [0.05, 0.1) is 30.8 Å². The first-order chi connectivity index (χ1) is 17.0. The Labute approximate surface area is 212 Å². The maximum Gasteiger partial charge on any atom is 0.266 e. The van der Waals surface area contributed by atoms with E-state index < -0.39 is 0 Å². The van der Waals surface area contributed by atoms with Gasteiger partial charge >= 0.3 is 0 Å². The van der Waals surface area contributed by atoms with Gasteiger partial charge in [-0.2, -0.15) is 11.8 Å². The number of hydrogen-bond donors (Lipinski definition) is 2. The van der Waals surface area contributed by atoms with E-state index in [1.54, 1.807) is 55.3 Å². The summed E-state index contributed by atoms with van der Waals surface area (Å²) < 4.78 is 12.3. The lowest BCUT2D eigenvalue weighted by Crippen LogP contribution is -2.26. The predicted molar refractivity (Wildman–Crippen MR) is 143 cm³/mol. The van der Waals surface area contributed by atoms with Crippen molar-refractivity contribution in [2.24, 2.45) is 0 Å². The van der Waals surface area contributed by atoms with Crippen LogP contribution in [-0.4, -0.2) is 42.0 Å². The van der Waals surface area contributed by atoms with E-state index in [1.807, 2.05) is 18.2 Å². The van der Waals surface area contributed by atoms with Gasteiger partial charge in [-0.1, -0.05) is 30.3 Å². The van der Waals surface area contributed by atoms with Gasteiger partial charge in [-0.25, -0.2) is 4.57 Å². The van der Waals surface area contributed by atoms with E-state index in [0.29, 0.717) is 40.2 Å². The van der Waals surface area contributed by atoms with Crippen molar-refractivity contribution in [2.45, 2.75) is 5.75 Å². The Morgan fingerprint density at radius 3 is 2.60 bits per heavy atom. The number of nitrogens with one attached hydrogen (secondary N) is 2. The number of amides is 1. The van der Waals surface area contributed by atoms with Crippen LogP contribution in [-0.2, 0) is 5.75 Å². The first-order valence-corrected chi connectivity index (χ1v) is 12.5. The van der Waals surface area contributed by atoms with Crippen LogP contribution in [0.5, 0.6) is 11.5 Å². The zero-order valence-corrected chi connectivity index (χ0v) is 21.0. The van der Waals surface area contributed by atoms with Crippen LogP contribution < -0.4 is 20.3 Å². The number of hydrogen-bond acceptors (Lipinski definition) is 6. The van der Waals surface area contributed by atoms with Crippen LogP contribution >= 0.6 is 24.0 Å². The highest BCUT2D eigenvalue weighted by molar-refractivity contribution is 7.98. The number of ether oxygens (including phenoxy) is 2. The standard InChI is InChI=1S/C26H25N3O4S2/c1-32-19-9-11-23(33-2)22(15-19)29-25(31)20-10-8-18(14-21(20)28-26(29)34)24(30)27-12-13-35-16-17-6-4-3-5-7-17/h3-11,14-15H,12-13,16H2,1-2H3,(H,27,30)(H,28,34). The molecule has 0 saturated carbocycles. The Balaban J connectivity index is 1.52. The second-order valence-corrected chi connectivity index (χ2v) is 9.15. The molecule has 0 aliphatic rings. The molecule has 1 heterocycles. The fourth-order valence-electron chi connectivity index (χ4n) is 3.65. The largest absolute Gasteiger partial charge is 0.497 e. The Morgan fingerprint density at radius 1 is 1.06 bits per heavy atom. The molecular formula is C26H25N3O4S2. The molecule has 0 spiro atoms. The van der Waals surface area contributed by atoms with Crippen molar-refractivity contribution in [1.82, 2.24) is 14.9 Å². The molecule has 0 radical (unpaired) electrons. The van der Waals surface area contributed by atoms with Crippen molar-refractivity contribution in [3.05, 3.63) is 93.0 Å². The number of H-pyrrole nitrogens is 1. The van der Waals surface area contributed by atoms with E-state index in [4.69, 9.17) is 21.7 Å². The molecule has 0 atom stereocenters. The Morgan fingerprint density at radius 2 is 1.86 bits per heavy atom. The minimum absolute atomic E-state index is 0.184. The highest BCUT2D eigenvalue weighted by Crippen LogP contribution is 2.27. The highest BCUT2D eigenvalue weighted by atomic mass is 32.2. The Hall–Kier alpha value is -3.56. The molecule has 0 aliphatic heterocycles. The first-order valence-electron chi connectivity index (χ1n) is 10.9. The molecule has 35 heavy (non-hydrogen) atoms. The monoisotopic (exact) mass is 507 g/mol. The minimum Gasteiger partial charge on any atom is -0.497 e. The van der Waals surface area contributed by atoms with E-state index in [1.165, 1.54) is 17.2 Å². The lowest BCUT2D eigenvalue weighted by atomic mass is 10.1. The number of benzene rings is 3. The average molecular weight is 508 g/mol. The molecule has 0 bridgehead atoms. The molecule has 180 valence electrons. The third-order valence-electron chi connectivity index (χ3n) is 5.43. The number of aromatic nitrogens is 2. The quantitative estimate of drug-likeness (QED) is 0.252. The fourth-order valence-corrected chi connectivity index (χ4v) is 4.76. The summed E-state index contributed by atoms with van der Waals surface area (Å²) in [7, 11) is 3.07. The van der Waals surface area contributed by atoms with Crippen LogP contribution in [0.15, 0.2) is 71.5 Å². The number of thioether (sulfide) groups is 1.